The zero-order chi connectivity index (χ0) is 15.1. The number of nitrogens with zero attached hydrogens (tertiary/aromatic N) is 2. The standard InChI is InChI=1S/C10H6ClF5N2OS/c1-4-2-5-6(17-8(11)18-7(5)20-4)19-3-9(12,13)10(14,15)16/h2H,3H2,1H3. The molecule has 0 N–H and O–H groups in total. The van der Waals surface area contributed by atoms with Gasteiger partial charge in [0.25, 0.3) is 0 Å². The van der Waals surface area contributed by atoms with E-state index in [4.69, 9.17) is 11.6 Å². The molecule has 2 aromatic heterocycles. The van der Waals surface area contributed by atoms with Gasteiger partial charge in [0, 0.05) is 4.88 Å². The molecule has 0 aliphatic carbocycles. The molecule has 0 bridgehead atoms. The van der Waals surface area contributed by atoms with Crippen molar-refractivity contribution in [1.82, 2.24) is 9.97 Å². The minimum Gasteiger partial charge on any atom is -0.470 e. The first-order valence-corrected chi connectivity index (χ1v) is 6.30. The monoisotopic (exact) mass is 332 g/mol. The number of fused-ring (bicyclic) bond motifs is 1. The molecule has 0 aliphatic rings. The Morgan fingerprint density at radius 1 is 1.25 bits per heavy atom. The van der Waals surface area contributed by atoms with Crippen molar-refractivity contribution >= 4 is 33.2 Å². The third-order valence-electron chi connectivity index (χ3n) is 2.26. The predicted molar refractivity (Wildman–Crippen MR) is 63.7 cm³/mol. The van der Waals surface area contributed by atoms with Crippen LogP contribution in [-0.2, 0) is 0 Å². The van der Waals surface area contributed by atoms with E-state index in [0.29, 0.717) is 4.83 Å². The molecular formula is C10H6ClF5N2OS. The summed E-state index contributed by atoms with van der Waals surface area (Å²) >= 11 is 6.76. The van der Waals surface area contributed by atoms with E-state index in [9.17, 15) is 22.0 Å². The van der Waals surface area contributed by atoms with Gasteiger partial charge in [-0.3, -0.25) is 0 Å². The zero-order valence-corrected chi connectivity index (χ0v) is 11.3. The SMILES string of the molecule is Cc1cc2c(OCC(F)(F)C(F)(F)F)nc(Cl)nc2s1. The summed E-state index contributed by atoms with van der Waals surface area (Å²) in [5.74, 6) is -5.37. The molecule has 0 spiro atoms. The topological polar surface area (TPSA) is 35.0 Å². The molecule has 3 nitrogen and oxygen atoms in total. The van der Waals surface area contributed by atoms with Crippen LogP contribution < -0.4 is 4.74 Å². The summed E-state index contributed by atoms with van der Waals surface area (Å²) in [5.41, 5.74) is 0. The van der Waals surface area contributed by atoms with Gasteiger partial charge in [0.1, 0.15) is 4.83 Å². The van der Waals surface area contributed by atoms with E-state index in [1.54, 1.807) is 6.92 Å². The van der Waals surface area contributed by atoms with Gasteiger partial charge in [-0.25, -0.2) is 4.98 Å². The van der Waals surface area contributed by atoms with Gasteiger partial charge >= 0.3 is 12.1 Å². The van der Waals surface area contributed by atoms with Crippen LogP contribution in [0.2, 0.25) is 5.28 Å². The fraction of sp³-hybridized carbons (Fsp3) is 0.400. The second-order valence-electron chi connectivity index (χ2n) is 3.86. The molecule has 0 atom stereocenters. The number of thiophene rings is 1. The van der Waals surface area contributed by atoms with Crippen LogP contribution in [0, 0.1) is 6.92 Å². The van der Waals surface area contributed by atoms with E-state index in [2.05, 4.69) is 14.7 Å². The van der Waals surface area contributed by atoms with Crippen LogP contribution in [0.1, 0.15) is 4.88 Å². The van der Waals surface area contributed by atoms with Crippen molar-refractivity contribution in [3.05, 3.63) is 16.2 Å². The Hall–Kier alpha value is -1.22. The Balaban J connectivity index is 2.30. The minimum atomic E-state index is -5.69. The number of hydrogen-bond acceptors (Lipinski definition) is 4. The molecule has 2 heterocycles. The maximum Gasteiger partial charge on any atom is 0.456 e. The average molecular weight is 333 g/mol. The maximum absolute atomic E-state index is 12.8. The van der Waals surface area contributed by atoms with E-state index >= 15 is 0 Å². The largest absolute Gasteiger partial charge is 0.470 e. The first kappa shape index (κ1) is 15.2. The number of hydrogen-bond donors (Lipinski definition) is 0. The van der Waals surface area contributed by atoms with Gasteiger partial charge in [0.05, 0.1) is 5.39 Å². The average Bonchev–Trinajstić information content (AvgIpc) is 2.64. The number of aromatic nitrogens is 2. The molecule has 0 amide bonds. The predicted octanol–water partition coefficient (Wildman–Crippen LogP) is 4.23. The normalized spacial score (nSPS) is 12.9. The number of halogens is 6. The van der Waals surface area contributed by atoms with Crippen molar-refractivity contribution in [2.75, 3.05) is 6.61 Å². The highest BCUT2D eigenvalue weighted by Crippen LogP contribution is 2.37. The Morgan fingerprint density at radius 2 is 1.90 bits per heavy atom. The summed E-state index contributed by atoms with van der Waals surface area (Å²) < 4.78 is 66.2. The van der Waals surface area contributed by atoms with E-state index in [1.807, 2.05) is 0 Å². The van der Waals surface area contributed by atoms with Gasteiger partial charge in [-0.15, -0.1) is 11.3 Å². The summed E-state index contributed by atoms with van der Waals surface area (Å²) in [5, 5.41) is -0.0421. The minimum absolute atomic E-state index is 0.245. The summed E-state index contributed by atoms with van der Waals surface area (Å²) in [4.78, 5) is 8.49. The Morgan fingerprint density at radius 3 is 2.50 bits per heavy atom. The van der Waals surface area contributed by atoms with Crippen molar-refractivity contribution in [2.24, 2.45) is 0 Å². The zero-order valence-electron chi connectivity index (χ0n) is 9.76. The first-order valence-electron chi connectivity index (χ1n) is 5.11. The van der Waals surface area contributed by atoms with Gasteiger partial charge in [0.15, 0.2) is 6.61 Å². The quantitative estimate of drug-likeness (QED) is 0.623. The number of ether oxygens (including phenoxy) is 1. The highest BCUT2D eigenvalue weighted by Gasteiger charge is 2.58. The lowest BCUT2D eigenvalue weighted by Crippen LogP contribution is -2.41. The highest BCUT2D eigenvalue weighted by atomic mass is 35.5. The van der Waals surface area contributed by atoms with Crippen LogP contribution in [-0.4, -0.2) is 28.7 Å². The van der Waals surface area contributed by atoms with E-state index in [0.717, 1.165) is 4.88 Å². The Kier molecular flexibility index (Phi) is 3.76. The molecule has 0 unspecified atom stereocenters. The molecule has 0 aliphatic heterocycles. The van der Waals surface area contributed by atoms with Crippen LogP contribution in [0.5, 0.6) is 5.88 Å². The van der Waals surface area contributed by atoms with Crippen molar-refractivity contribution in [3.63, 3.8) is 0 Å². The number of aryl methyl sites for hydroxylation is 1. The lowest BCUT2D eigenvalue weighted by atomic mass is 10.3. The third kappa shape index (κ3) is 2.93. The second kappa shape index (κ2) is 4.96. The fourth-order valence-corrected chi connectivity index (χ4v) is 2.42. The lowest BCUT2D eigenvalue weighted by Gasteiger charge is -2.19. The molecule has 0 radical (unpaired) electrons. The van der Waals surface area contributed by atoms with Gasteiger partial charge in [-0.2, -0.15) is 26.9 Å². The van der Waals surface area contributed by atoms with Crippen LogP contribution in [0.15, 0.2) is 6.07 Å². The fourth-order valence-electron chi connectivity index (χ4n) is 1.34. The van der Waals surface area contributed by atoms with Crippen molar-refractivity contribution in [1.29, 1.82) is 0 Å². The molecule has 20 heavy (non-hydrogen) atoms. The molecule has 0 saturated carbocycles. The molecule has 2 rings (SSSR count). The van der Waals surface area contributed by atoms with Crippen LogP contribution in [0.3, 0.4) is 0 Å². The summed E-state index contributed by atoms with van der Waals surface area (Å²) in [7, 11) is 0. The lowest BCUT2D eigenvalue weighted by molar-refractivity contribution is -0.290. The second-order valence-corrected chi connectivity index (χ2v) is 5.44. The molecule has 2 aromatic rings. The highest BCUT2D eigenvalue weighted by molar-refractivity contribution is 7.18. The van der Waals surface area contributed by atoms with Crippen molar-refractivity contribution < 1.29 is 26.7 Å². The Labute approximate surface area is 118 Å². The molecule has 0 aromatic carbocycles. The van der Waals surface area contributed by atoms with Gasteiger partial charge in [0.2, 0.25) is 11.2 Å². The molecule has 10 heteroatoms. The van der Waals surface area contributed by atoms with Crippen molar-refractivity contribution in [2.45, 2.75) is 19.0 Å². The van der Waals surface area contributed by atoms with Crippen LogP contribution in [0.4, 0.5) is 22.0 Å². The van der Waals surface area contributed by atoms with Crippen LogP contribution >= 0.6 is 22.9 Å². The van der Waals surface area contributed by atoms with Crippen LogP contribution in [0.25, 0.3) is 10.2 Å². The summed E-state index contributed by atoms with van der Waals surface area (Å²) in [6.45, 7) is -0.151. The molecule has 0 fully saturated rings. The van der Waals surface area contributed by atoms with Crippen molar-refractivity contribution in [3.8, 4) is 5.88 Å². The third-order valence-corrected chi connectivity index (χ3v) is 3.37. The first-order chi connectivity index (χ1) is 9.10. The molecular weight excluding hydrogens is 327 g/mol. The van der Waals surface area contributed by atoms with Gasteiger partial charge in [-0.05, 0) is 24.6 Å². The number of rotatable bonds is 3. The van der Waals surface area contributed by atoms with Gasteiger partial charge in [-0.1, -0.05) is 0 Å². The summed E-state index contributed by atoms with van der Waals surface area (Å²) in [6, 6.07) is 1.53. The Bertz CT molecular complexity index is 642. The van der Waals surface area contributed by atoms with Gasteiger partial charge < -0.3 is 4.74 Å². The maximum atomic E-state index is 12.8. The summed E-state index contributed by atoms with van der Waals surface area (Å²) in [6.07, 6.45) is -5.69. The molecule has 0 saturated heterocycles. The van der Waals surface area contributed by atoms with E-state index in [-0.39, 0.29) is 10.7 Å². The molecule has 110 valence electrons. The smallest absolute Gasteiger partial charge is 0.456 e. The van der Waals surface area contributed by atoms with E-state index in [1.165, 1.54) is 17.4 Å². The number of alkyl halides is 5. The van der Waals surface area contributed by atoms with E-state index < -0.39 is 24.6 Å².